The van der Waals surface area contributed by atoms with Crippen LogP contribution in [0.3, 0.4) is 0 Å². The fourth-order valence-corrected chi connectivity index (χ4v) is 1.43. The van der Waals surface area contributed by atoms with Gasteiger partial charge in [0.05, 0.1) is 0 Å². The molecule has 0 amide bonds. The molecule has 0 saturated heterocycles. The molecule has 2 aromatic carbocycles. The van der Waals surface area contributed by atoms with Crippen LogP contribution in [0.15, 0.2) is 48.5 Å². The standard InChI is InChI=1S/C14H11FO/c15-13-5-1-3-11(9-13)7-8-12-4-2-6-14(16)10-12/h1-10,16H/b8-7+. The van der Waals surface area contributed by atoms with Crippen LogP contribution in [0.4, 0.5) is 4.39 Å². The molecule has 1 nitrogen and oxygen atoms in total. The van der Waals surface area contributed by atoms with Crippen LogP contribution in [0.25, 0.3) is 12.2 Å². The van der Waals surface area contributed by atoms with E-state index in [-0.39, 0.29) is 11.6 Å². The molecule has 1 N–H and O–H groups in total. The zero-order valence-corrected chi connectivity index (χ0v) is 8.60. The van der Waals surface area contributed by atoms with Crippen molar-refractivity contribution >= 4 is 12.2 Å². The second-order valence-corrected chi connectivity index (χ2v) is 3.48. The highest BCUT2D eigenvalue weighted by molar-refractivity contribution is 5.70. The molecule has 0 aliphatic rings. The van der Waals surface area contributed by atoms with Crippen molar-refractivity contribution in [3.8, 4) is 5.75 Å². The highest BCUT2D eigenvalue weighted by Gasteiger charge is 1.92. The zero-order valence-electron chi connectivity index (χ0n) is 8.60. The van der Waals surface area contributed by atoms with Crippen LogP contribution in [-0.2, 0) is 0 Å². The number of phenols is 1. The number of phenolic OH excluding ortho intramolecular Hbond substituents is 1. The van der Waals surface area contributed by atoms with Gasteiger partial charge in [-0.15, -0.1) is 0 Å². The Labute approximate surface area is 93.5 Å². The highest BCUT2D eigenvalue weighted by Crippen LogP contribution is 2.14. The lowest BCUT2D eigenvalue weighted by Crippen LogP contribution is -1.76. The Balaban J connectivity index is 2.21. The predicted molar refractivity (Wildman–Crippen MR) is 63.4 cm³/mol. The fraction of sp³-hybridized carbons (Fsp3) is 0. The lowest BCUT2D eigenvalue weighted by Gasteiger charge is -1.96. The van der Waals surface area contributed by atoms with Gasteiger partial charge >= 0.3 is 0 Å². The first-order chi connectivity index (χ1) is 7.74. The Kier molecular flexibility index (Phi) is 3.01. The van der Waals surface area contributed by atoms with Gasteiger partial charge in [-0.25, -0.2) is 4.39 Å². The smallest absolute Gasteiger partial charge is 0.123 e. The van der Waals surface area contributed by atoms with E-state index in [2.05, 4.69) is 0 Å². The second kappa shape index (κ2) is 4.62. The summed E-state index contributed by atoms with van der Waals surface area (Å²) in [5.41, 5.74) is 1.67. The van der Waals surface area contributed by atoms with Crippen LogP contribution < -0.4 is 0 Å². The summed E-state index contributed by atoms with van der Waals surface area (Å²) < 4.78 is 12.9. The molecule has 0 radical (unpaired) electrons. The van der Waals surface area contributed by atoms with Gasteiger partial charge < -0.3 is 5.11 Å². The Morgan fingerprint density at radius 3 is 2.12 bits per heavy atom. The molecule has 0 unspecified atom stereocenters. The van der Waals surface area contributed by atoms with E-state index in [0.29, 0.717) is 0 Å². The van der Waals surface area contributed by atoms with Crippen LogP contribution in [0.5, 0.6) is 5.75 Å². The van der Waals surface area contributed by atoms with Crippen molar-refractivity contribution in [1.82, 2.24) is 0 Å². The maximum Gasteiger partial charge on any atom is 0.123 e. The normalized spacial score (nSPS) is 10.8. The van der Waals surface area contributed by atoms with Crippen molar-refractivity contribution in [3.05, 3.63) is 65.5 Å². The van der Waals surface area contributed by atoms with E-state index in [1.165, 1.54) is 12.1 Å². The van der Waals surface area contributed by atoms with E-state index in [9.17, 15) is 9.50 Å². The van der Waals surface area contributed by atoms with Gasteiger partial charge in [-0.05, 0) is 35.4 Å². The molecule has 0 atom stereocenters. The van der Waals surface area contributed by atoms with Crippen LogP contribution in [0.2, 0.25) is 0 Å². The van der Waals surface area contributed by atoms with E-state index in [4.69, 9.17) is 0 Å². The van der Waals surface area contributed by atoms with Crippen LogP contribution in [0.1, 0.15) is 11.1 Å². The van der Waals surface area contributed by atoms with Gasteiger partial charge in [0.25, 0.3) is 0 Å². The number of hydrogen-bond acceptors (Lipinski definition) is 1. The van der Waals surface area contributed by atoms with Gasteiger partial charge in [-0.3, -0.25) is 0 Å². The minimum atomic E-state index is -0.252. The maximum absolute atomic E-state index is 12.9. The SMILES string of the molecule is Oc1cccc(/C=C/c2cccc(F)c2)c1. The number of benzene rings is 2. The predicted octanol–water partition coefficient (Wildman–Crippen LogP) is 3.70. The van der Waals surface area contributed by atoms with Gasteiger partial charge in [0.15, 0.2) is 0 Å². The van der Waals surface area contributed by atoms with Crippen LogP contribution >= 0.6 is 0 Å². The molecule has 2 rings (SSSR count). The Morgan fingerprint density at radius 1 is 0.875 bits per heavy atom. The highest BCUT2D eigenvalue weighted by atomic mass is 19.1. The molecule has 80 valence electrons. The summed E-state index contributed by atoms with van der Waals surface area (Å²) in [6.45, 7) is 0. The Bertz CT molecular complexity index is 470. The molecule has 0 heterocycles. The molecule has 2 heteroatoms. The molecule has 0 fully saturated rings. The molecule has 0 bridgehead atoms. The lowest BCUT2D eigenvalue weighted by atomic mass is 10.1. The first-order valence-corrected chi connectivity index (χ1v) is 4.97. The lowest BCUT2D eigenvalue weighted by molar-refractivity contribution is 0.475. The fourth-order valence-electron chi connectivity index (χ4n) is 1.43. The van der Waals surface area contributed by atoms with Crippen molar-refractivity contribution in [2.24, 2.45) is 0 Å². The summed E-state index contributed by atoms with van der Waals surface area (Å²) in [4.78, 5) is 0. The van der Waals surface area contributed by atoms with Gasteiger partial charge in [0, 0.05) is 0 Å². The molecule has 0 aromatic heterocycles. The number of hydrogen-bond donors (Lipinski definition) is 1. The third-order valence-corrected chi connectivity index (χ3v) is 2.19. The number of rotatable bonds is 2. The molecule has 2 aromatic rings. The average Bonchev–Trinajstić information content (AvgIpc) is 2.27. The number of halogens is 1. The summed E-state index contributed by atoms with van der Waals surface area (Å²) in [7, 11) is 0. The van der Waals surface area contributed by atoms with Crippen molar-refractivity contribution in [2.45, 2.75) is 0 Å². The summed E-state index contributed by atoms with van der Waals surface area (Å²) >= 11 is 0. The van der Waals surface area contributed by atoms with Gasteiger partial charge in [-0.1, -0.05) is 36.4 Å². The topological polar surface area (TPSA) is 20.2 Å². The molecular weight excluding hydrogens is 203 g/mol. The van der Waals surface area contributed by atoms with Crippen molar-refractivity contribution in [3.63, 3.8) is 0 Å². The van der Waals surface area contributed by atoms with Gasteiger partial charge in [0.1, 0.15) is 11.6 Å². The van der Waals surface area contributed by atoms with Gasteiger partial charge in [0.2, 0.25) is 0 Å². The monoisotopic (exact) mass is 214 g/mol. The molecular formula is C14H11FO. The summed E-state index contributed by atoms with van der Waals surface area (Å²) in [5, 5.41) is 9.26. The molecule has 0 aliphatic heterocycles. The van der Waals surface area contributed by atoms with Crippen LogP contribution in [-0.4, -0.2) is 5.11 Å². The van der Waals surface area contributed by atoms with Crippen molar-refractivity contribution < 1.29 is 9.50 Å². The minimum Gasteiger partial charge on any atom is -0.508 e. The molecule has 0 spiro atoms. The summed E-state index contributed by atoms with van der Waals surface area (Å²) in [5.74, 6) is -0.0283. The molecule has 0 aliphatic carbocycles. The second-order valence-electron chi connectivity index (χ2n) is 3.48. The maximum atomic E-state index is 12.9. The van der Waals surface area contributed by atoms with Crippen molar-refractivity contribution in [1.29, 1.82) is 0 Å². The number of aromatic hydroxyl groups is 1. The van der Waals surface area contributed by atoms with E-state index in [1.807, 2.05) is 18.2 Å². The summed E-state index contributed by atoms with van der Waals surface area (Å²) in [6, 6.07) is 13.2. The zero-order chi connectivity index (χ0) is 11.4. The van der Waals surface area contributed by atoms with E-state index in [0.717, 1.165) is 11.1 Å². The molecule has 16 heavy (non-hydrogen) atoms. The Morgan fingerprint density at radius 2 is 1.50 bits per heavy atom. The largest absolute Gasteiger partial charge is 0.508 e. The third-order valence-electron chi connectivity index (χ3n) is 2.19. The quantitative estimate of drug-likeness (QED) is 0.756. The molecule has 0 saturated carbocycles. The van der Waals surface area contributed by atoms with Gasteiger partial charge in [-0.2, -0.15) is 0 Å². The summed E-state index contributed by atoms with van der Waals surface area (Å²) in [6.07, 6.45) is 3.63. The van der Waals surface area contributed by atoms with Crippen LogP contribution in [0, 0.1) is 5.82 Å². The first kappa shape index (κ1) is 10.4. The Hall–Kier alpha value is -2.09. The van der Waals surface area contributed by atoms with Crippen molar-refractivity contribution in [2.75, 3.05) is 0 Å². The minimum absolute atomic E-state index is 0.224. The first-order valence-electron chi connectivity index (χ1n) is 4.97. The average molecular weight is 214 g/mol. The van der Waals surface area contributed by atoms with E-state index >= 15 is 0 Å². The van der Waals surface area contributed by atoms with E-state index in [1.54, 1.807) is 30.3 Å². The third kappa shape index (κ3) is 2.70. The van der Waals surface area contributed by atoms with E-state index < -0.39 is 0 Å².